The minimum atomic E-state index is -3.03. The molecule has 0 bridgehead atoms. The molecule has 91 heavy (non-hydrogen) atoms. The van der Waals surface area contributed by atoms with Gasteiger partial charge in [0.1, 0.15) is 0 Å². The molecule has 0 spiro atoms. The van der Waals surface area contributed by atoms with Gasteiger partial charge in [0.05, 0.1) is 17.1 Å². The lowest BCUT2D eigenvalue weighted by molar-refractivity contribution is 0.477. The molecule has 0 radical (unpaired) electrons. The third kappa shape index (κ3) is 8.72. The van der Waals surface area contributed by atoms with Crippen molar-refractivity contribution in [3.8, 4) is 22.6 Å². The van der Waals surface area contributed by atoms with Crippen LogP contribution in [0.5, 0.6) is 11.5 Å². The molecule has 3 aliphatic rings. The van der Waals surface area contributed by atoms with E-state index in [0.717, 1.165) is 68.2 Å². The van der Waals surface area contributed by atoms with Crippen LogP contribution in [0.4, 0.5) is 51.2 Å². The molecule has 0 fully saturated rings. The van der Waals surface area contributed by atoms with Gasteiger partial charge in [0, 0.05) is 34.1 Å². The van der Waals surface area contributed by atoms with Crippen molar-refractivity contribution < 1.29 is 4.74 Å². The molecule has 0 amide bonds. The minimum Gasteiger partial charge on any atom is -0.453 e. The maximum Gasteiger partial charge on any atom is 0.252 e. The summed E-state index contributed by atoms with van der Waals surface area (Å²) in [6.45, 7) is -0.143. The highest BCUT2D eigenvalue weighted by Crippen LogP contribution is 2.53. The summed E-state index contributed by atoms with van der Waals surface area (Å²) in [5.41, 5.74) is 15.7. The lowest BCUT2D eigenvalue weighted by atomic mass is 9.33. The highest BCUT2D eigenvalue weighted by Gasteiger charge is 2.47. The first-order chi connectivity index (χ1) is 45.2. The topological polar surface area (TPSA) is 19.0 Å². The van der Waals surface area contributed by atoms with E-state index in [1.165, 1.54) is 63.4 Å². The maximum absolute atomic E-state index is 6.81. The van der Waals surface area contributed by atoms with Gasteiger partial charge in [-0.3, -0.25) is 0 Å². The van der Waals surface area contributed by atoms with Crippen molar-refractivity contribution in [1.29, 1.82) is 0 Å². The zero-order valence-corrected chi connectivity index (χ0v) is 52.0. The largest absolute Gasteiger partial charge is 0.453 e. The maximum atomic E-state index is 6.81. The van der Waals surface area contributed by atoms with Gasteiger partial charge in [0.2, 0.25) is 0 Å². The highest BCUT2D eigenvalue weighted by atomic mass is 28.3. The lowest BCUT2D eigenvalue weighted by Crippen LogP contribution is -2.74. The second-order valence-corrected chi connectivity index (χ2v) is 31.5. The molecule has 428 valence electrons. The van der Waals surface area contributed by atoms with Crippen molar-refractivity contribution in [1.82, 2.24) is 0 Å². The summed E-state index contributed by atoms with van der Waals surface area (Å²) in [4.78, 5) is 7.63. The Morgan fingerprint density at radius 1 is 0.220 bits per heavy atom. The van der Waals surface area contributed by atoms with Gasteiger partial charge in [0.15, 0.2) is 27.6 Å². The summed E-state index contributed by atoms with van der Waals surface area (Å²) in [6, 6.07) is 136. The smallest absolute Gasteiger partial charge is 0.252 e. The Kier molecular flexibility index (Phi) is 13.3. The van der Waals surface area contributed by atoms with Crippen LogP contribution in [-0.2, 0) is 0 Å². The number of fused-ring (bicyclic) bond motifs is 6. The molecule has 14 aromatic carbocycles. The molecular weight excluding hydrogens is 1130 g/mol. The van der Waals surface area contributed by atoms with Crippen LogP contribution in [-0.4, -0.2) is 22.9 Å². The fraction of sp³-hybridized carbons (Fsp3) is 0. The number of para-hydroxylation sites is 5. The average Bonchev–Trinajstić information content (AvgIpc) is 0.748. The Hall–Kier alpha value is -11.2. The van der Waals surface area contributed by atoms with Gasteiger partial charge in [-0.25, -0.2) is 0 Å². The van der Waals surface area contributed by atoms with E-state index in [4.69, 9.17) is 4.74 Å². The van der Waals surface area contributed by atoms with Crippen molar-refractivity contribution in [3.63, 3.8) is 0 Å². The van der Waals surface area contributed by atoms with Crippen LogP contribution in [0.3, 0.4) is 0 Å². The molecule has 0 saturated heterocycles. The molecule has 17 rings (SSSR count). The standard InChI is InChI=1S/C84H60BN3OSi2/c1-8-30-61(31-9-1)62-54-55-75-79(56-62)87(64-33-29-47-73(58-64)91(69-40-16-5-17-41-69,70-42-18-6-19-43-70)71-44-20-7-21-45-71)81-60-65(88-77-50-24-26-52-82(77)89-83-53-27-25-51-78(83)88)59-80-84(81)85(75)74-48-22-23-49-76(74)86(80)63-32-28-46-72(57-63)90(66-34-10-2-11-35-66,67-36-12-3-13-37-67)68-38-14-4-15-39-68/h1-60H. The number of rotatable bonds is 12. The van der Waals surface area contributed by atoms with E-state index in [-0.39, 0.29) is 6.71 Å². The van der Waals surface area contributed by atoms with Gasteiger partial charge in [-0.1, -0.05) is 291 Å². The van der Waals surface area contributed by atoms with Crippen molar-refractivity contribution >= 4 is 132 Å². The summed E-state index contributed by atoms with van der Waals surface area (Å²) in [7, 11) is -6.03. The first-order valence-electron chi connectivity index (χ1n) is 31.4. The molecular formula is C84H60BN3OSi2. The molecule has 4 nitrogen and oxygen atoms in total. The number of benzene rings is 14. The number of hydrogen-bond acceptors (Lipinski definition) is 4. The fourth-order valence-corrected chi connectivity index (χ4v) is 24.9. The summed E-state index contributed by atoms with van der Waals surface area (Å²) < 4.78 is 6.81. The first-order valence-corrected chi connectivity index (χ1v) is 35.4. The molecule has 0 aromatic heterocycles. The summed E-state index contributed by atoms with van der Waals surface area (Å²) in [6.07, 6.45) is 0. The SMILES string of the molecule is c1ccc(-c2ccc3c(c2)N(c2cccc([Si](c4ccccc4)(c4ccccc4)c4ccccc4)c2)c2cc(N4c5ccccc5Oc5ccccc54)cc4c2B3c2ccccc2N4c2cccc([Si](c3ccccc3)(c3ccccc3)c3ccccc3)c2)cc1. The van der Waals surface area contributed by atoms with E-state index in [0.29, 0.717) is 0 Å². The molecule has 3 aliphatic heterocycles. The van der Waals surface area contributed by atoms with Crippen LogP contribution in [0.15, 0.2) is 364 Å². The van der Waals surface area contributed by atoms with E-state index in [9.17, 15) is 0 Å². The summed E-state index contributed by atoms with van der Waals surface area (Å²) >= 11 is 0. The van der Waals surface area contributed by atoms with Crippen LogP contribution in [0.1, 0.15) is 0 Å². The van der Waals surface area contributed by atoms with Gasteiger partial charge in [0.25, 0.3) is 6.71 Å². The quantitative estimate of drug-likeness (QED) is 0.0896. The van der Waals surface area contributed by atoms with Crippen LogP contribution in [0, 0.1) is 0 Å². The van der Waals surface area contributed by atoms with E-state index in [2.05, 4.69) is 379 Å². The van der Waals surface area contributed by atoms with E-state index >= 15 is 0 Å². The monoisotopic (exact) mass is 1190 g/mol. The zero-order chi connectivity index (χ0) is 60.3. The van der Waals surface area contributed by atoms with E-state index < -0.39 is 16.1 Å². The third-order valence-electron chi connectivity index (χ3n) is 19.1. The second-order valence-electron chi connectivity index (χ2n) is 23.9. The average molecular weight is 1190 g/mol. The Bertz CT molecular complexity index is 4760. The molecule has 0 aliphatic carbocycles. The number of ether oxygens (including phenoxy) is 1. The van der Waals surface area contributed by atoms with Crippen molar-refractivity contribution in [2.24, 2.45) is 0 Å². The van der Waals surface area contributed by atoms with Gasteiger partial charge < -0.3 is 19.4 Å². The Morgan fingerprint density at radius 3 is 1.00 bits per heavy atom. The lowest BCUT2D eigenvalue weighted by Gasteiger charge is -2.45. The van der Waals surface area contributed by atoms with Crippen LogP contribution in [0.25, 0.3) is 11.1 Å². The number of anilines is 9. The molecule has 7 heteroatoms. The van der Waals surface area contributed by atoms with Gasteiger partial charge in [-0.05, 0) is 142 Å². The van der Waals surface area contributed by atoms with Crippen molar-refractivity contribution in [2.45, 2.75) is 0 Å². The minimum absolute atomic E-state index is 0.143. The molecule has 0 unspecified atom stereocenters. The first kappa shape index (κ1) is 54.0. The van der Waals surface area contributed by atoms with Crippen LogP contribution in [0.2, 0.25) is 0 Å². The molecule has 0 atom stereocenters. The van der Waals surface area contributed by atoms with Crippen molar-refractivity contribution in [3.05, 3.63) is 364 Å². The predicted octanol–water partition coefficient (Wildman–Crippen LogP) is 13.8. The normalized spacial score (nSPS) is 12.8. The molecule has 0 N–H and O–H groups in total. The zero-order valence-electron chi connectivity index (χ0n) is 50.0. The second kappa shape index (κ2) is 22.4. The molecule has 14 aromatic rings. The van der Waals surface area contributed by atoms with Gasteiger partial charge in [-0.15, -0.1) is 0 Å². The highest BCUT2D eigenvalue weighted by molar-refractivity contribution is 7.20. The van der Waals surface area contributed by atoms with Crippen LogP contribution >= 0.6 is 0 Å². The Morgan fingerprint density at radius 2 is 0.560 bits per heavy atom. The number of nitrogens with zero attached hydrogens (tertiary/aromatic N) is 3. The third-order valence-corrected chi connectivity index (χ3v) is 28.6. The summed E-state index contributed by atoms with van der Waals surface area (Å²) in [5.74, 6) is 1.60. The van der Waals surface area contributed by atoms with E-state index in [1.54, 1.807) is 0 Å². The summed E-state index contributed by atoms with van der Waals surface area (Å²) in [5, 5.41) is 10.6. The Balaban J connectivity index is 0.981. The van der Waals surface area contributed by atoms with Crippen LogP contribution < -0.4 is 77.3 Å². The predicted molar refractivity (Wildman–Crippen MR) is 388 cm³/mol. The fourth-order valence-electron chi connectivity index (χ4n) is 15.3. The Labute approximate surface area is 534 Å². The van der Waals surface area contributed by atoms with Gasteiger partial charge in [-0.2, -0.15) is 0 Å². The molecule has 0 saturated carbocycles. The molecule has 3 heterocycles. The van der Waals surface area contributed by atoms with E-state index in [1.807, 2.05) is 0 Å². The number of hydrogen-bond donors (Lipinski definition) is 0. The van der Waals surface area contributed by atoms with Gasteiger partial charge >= 0.3 is 0 Å². The van der Waals surface area contributed by atoms with Crippen molar-refractivity contribution in [2.75, 3.05) is 14.7 Å².